The summed E-state index contributed by atoms with van der Waals surface area (Å²) >= 11 is 0. The van der Waals surface area contributed by atoms with Crippen LogP contribution in [-0.4, -0.2) is 26.4 Å². The fraction of sp³-hybridized carbons (Fsp3) is 0.368. The maximum atomic E-state index is 5.69. The van der Waals surface area contributed by atoms with E-state index in [4.69, 9.17) is 18.9 Å². The van der Waals surface area contributed by atoms with Crippen LogP contribution in [0, 0.1) is 6.92 Å². The standard InChI is InChI=1S/C19H22O4/c1-15-4-2-5-18(14-15)21-13-12-20-17-8-6-16(7-9-17)19-22-10-3-11-23-19/h2,4-9,14,19H,3,10-13H2,1H3. The van der Waals surface area contributed by atoms with E-state index in [0.29, 0.717) is 13.2 Å². The van der Waals surface area contributed by atoms with Crippen LogP contribution >= 0.6 is 0 Å². The van der Waals surface area contributed by atoms with Crippen molar-refractivity contribution in [2.75, 3.05) is 26.4 Å². The number of hydrogen-bond donors (Lipinski definition) is 0. The first-order valence-corrected chi connectivity index (χ1v) is 7.97. The predicted molar refractivity (Wildman–Crippen MR) is 87.9 cm³/mol. The second kappa shape index (κ2) is 7.99. The summed E-state index contributed by atoms with van der Waals surface area (Å²) in [4.78, 5) is 0. The normalized spacial score (nSPS) is 15.3. The van der Waals surface area contributed by atoms with E-state index in [1.54, 1.807) is 0 Å². The molecule has 0 saturated carbocycles. The zero-order valence-corrected chi connectivity index (χ0v) is 13.4. The van der Waals surface area contributed by atoms with Crippen molar-refractivity contribution in [2.24, 2.45) is 0 Å². The van der Waals surface area contributed by atoms with Crippen LogP contribution in [0.3, 0.4) is 0 Å². The average Bonchev–Trinajstić information content (AvgIpc) is 2.60. The molecule has 23 heavy (non-hydrogen) atoms. The van der Waals surface area contributed by atoms with Crippen LogP contribution in [0.1, 0.15) is 23.8 Å². The molecule has 1 saturated heterocycles. The van der Waals surface area contributed by atoms with Gasteiger partial charge in [-0.05, 0) is 43.2 Å². The van der Waals surface area contributed by atoms with Crippen molar-refractivity contribution < 1.29 is 18.9 Å². The molecule has 2 aromatic carbocycles. The highest BCUT2D eigenvalue weighted by atomic mass is 16.7. The Balaban J connectivity index is 1.43. The van der Waals surface area contributed by atoms with Gasteiger partial charge in [0.05, 0.1) is 13.2 Å². The molecule has 0 N–H and O–H groups in total. The number of ether oxygens (including phenoxy) is 4. The molecule has 0 bridgehead atoms. The second-order valence-electron chi connectivity index (χ2n) is 5.51. The van der Waals surface area contributed by atoms with Crippen molar-refractivity contribution in [1.82, 2.24) is 0 Å². The minimum Gasteiger partial charge on any atom is -0.490 e. The fourth-order valence-electron chi connectivity index (χ4n) is 2.43. The van der Waals surface area contributed by atoms with E-state index in [1.165, 1.54) is 5.56 Å². The zero-order chi connectivity index (χ0) is 15.9. The van der Waals surface area contributed by atoms with Gasteiger partial charge >= 0.3 is 0 Å². The summed E-state index contributed by atoms with van der Waals surface area (Å²) in [5.41, 5.74) is 2.21. The van der Waals surface area contributed by atoms with Crippen molar-refractivity contribution in [2.45, 2.75) is 19.6 Å². The third kappa shape index (κ3) is 4.71. The van der Waals surface area contributed by atoms with Crippen LogP contribution in [0.4, 0.5) is 0 Å². The van der Waals surface area contributed by atoms with Gasteiger partial charge in [-0.1, -0.05) is 24.3 Å². The quantitative estimate of drug-likeness (QED) is 0.758. The number of hydrogen-bond acceptors (Lipinski definition) is 4. The van der Waals surface area contributed by atoms with E-state index in [0.717, 1.165) is 36.7 Å². The summed E-state index contributed by atoms with van der Waals surface area (Å²) < 4.78 is 22.5. The summed E-state index contributed by atoms with van der Waals surface area (Å²) in [5.74, 6) is 1.69. The van der Waals surface area contributed by atoms with Gasteiger partial charge in [-0.15, -0.1) is 0 Å². The molecule has 4 nitrogen and oxygen atoms in total. The molecule has 4 heteroatoms. The van der Waals surface area contributed by atoms with Crippen LogP contribution in [0.15, 0.2) is 48.5 Å². The number of benzene rings is 2. The minimum absolute atomic E-state index is 0.248. The Morgan fingerprint density at radius 2 is 1.61 bits per heavy atom. The summed E-state index contributed by atoms with van der Waals surface area (Å²) in [6.07, 6.45) is 0.709. The van der Waals surface area contributed by atoms with Crippen molar-refractivity contribution in [3.05, 3.63) is 59.7 Å². The van der Waals surface area contributed by atoms with Crippen LogP contribution in [0.2, 0.25) is 0 Å². The molecule has 0 atom stereocenters. The SMILES string of the molecule is Cc1cccc(OCCOc2ccc(C3OCCCO3)cc2)c1. The van der Waals surface area contributed by atoms with Crippen LogP contribution in [0.5, 0.6) is 11.5 Å². The third-order valence-corrected chi connectivity index (χ3v) is 3.59. The first-order valence-electron chi connectivity index (χ1n) is 7.97. The topological polar surface area (TPSA) is 36.9 Å². The Morgan fingerprint density at radius 3 is 2.30 bits per heavy atom. The highest BCUT2D eigenvalue weighted by molar-refractivity contribution is 5.28. The Morgan fingerprint density at radius 1 is 0.913 bits per heavy atom. The highest BCUT2D eigenvalue weighted by Crippen LogP contribution is 2.24. The third-order valence-electron chi connectivity index (χ3n) is 3.59. The fourth-order valence-corrected chi connectivity index (χ4v) is 2.43. The van der Waals surface area contributed by atoms with Gasteiger partial charge in [-0.3, -0.25) is 0 Å². The Kier molecular flexibility index (Phi) is 5.51. The molecule has 3 rings (SSSR count). The van der Waals surface area contributed by atoms with E-state index in [2.05, 4.69) is 0 Å². The van der Waals surface area contributed by atoms with E-state index >= 15 is 0 Å². The summed E-state index contributed by atoms with van der Waals surface area (Å²) in [7, 11) is 0. The van der Waals surface area contributed by atoms with Gasteiger partial charge in [0.15, 0.2) is 6.29 Å². The molecular weight excluding hydrogens is 292 g/mol. The molecule has 1 heterocycles. The molecule has 0 aliphatic carbocycles. The molecule has 1 fully saturated rings. The van der Waals surface area contributed by atoms with Crippen molar-refractivity contribution in [1.29, 1.82) is 0 Å². The molecule has 0 aromatic heterocycles. The van der Waals surface area contributed by atoms with Crippen LogP contribution in [0.25, 0.3) is 0 Å². The van der Waals surface area contributed by atoms with Gasteiger partial charge in [-0.2, -0.15) is 0 Å². The molecule has 2 aromatic rings. The first-order chi connectivity index (χ1) is 11.3. The monoisotopic (exact) mass is 314 g/mol. The predicted octanol–water partition coefficient (Wildman–Crippen LogP) is 3.89. The van der Waals surface area contributed by atoms with E-state index in [9.17, 15) is 0 Å². The first kappa shape index (κ1) is 15.8. The lowest BCUT2D eigenvalue weighted by atomic mass is 10.2. The van der Waals surface area contributed by atoms with Crippen molar-refractivity contribution >= 4 is 0 Å². The molecule has 122 valence electrons. The van der Waals surface area contributed by atoms with E-state index < -0.39 is 0 Å². The molecule has 0 radical (unpaired) electrons. The lowest BCUT2D eigenvalue weighted by Gasteiger charge is -2.23. The molecular formula is C19H22O4. The summed E-state index contributed by atoms with van der Waals surface area (Å²) in [6, 6.07) is 15.8. The smallest absolute Gasteiger partial charge is 0.183 e. The van der Waals surface area contributed by atoms with E-state index in [1.807, 2.05) is 55.5 Å². The van der Waals surface area contributed by atoms with Gasteiger partial charge in [0.2, 0.25) is 0 Å². The van der Waals surface area contributed by atoms with Crippen LogP contribution < -0.4 is 9.47 Å². The van der Waals surface area contributed by atoms with Gasteiger partial charge in [-0.25, -0.2) is 0 Å². The Hall–Kier alpha value is -2.04. The van der Waals surface area contributed by atoms with Gasteiger partial charge in [0, 0.05) is 5.56 Å². The van der Waals surface area contributed by atoms with E-state index in [-0.39, 0.29) is 6.29 Å². The van der Waals surface area contributed by atoms with Crippen LogP contribution in [-0.2, 0) is 9.47 Å². The number of rotatable bonds is 6. The average molecular weight is 314 g/mol. The number of aryl methyl sites for hydroxylation is 1. The maximum absolute atomic E-state index is 5.69. The van der Waals surface area contributed by atoms with Gasteiger partial charge in [0.1, 0.15) is 24.7 Å². The zero-order valence-electron chi connectivity index (χ0n) is 13.4. The molecule has 1 aliphatic heterocycles. The summed E-state index contributed by atoms with van der Waals surface area (Å²) in [5, 5.41) is 0. The molecule has 0 unspecified atom stereocenters. The van der Waals surface area contributed by atoms with Crippen molar-refractivity contribution in [3.8, 4) is 11.5 Å². The summed E-state index contributed by atoms with van der Waals surface area (Å²) in [6.45, 7) is 4.56. The van der Waals surface area contributed by atoms with Gasteiger partial charge < -0.3 is 18.9 Å². The van der Waals surface area contributed by atoms with Crippen molar-refractivity contribution in [3.63, 3.8) is 0 Å². The second-order valence-corrected chi connectivity index (χ2v) is 5.51. The minimum atomic E-state index is -0.248. The molecule has 0 spiro atoms. The highest BCUT2D eigenvalue weighted by Gasteiger charge is 2.16. The Bertz CT molecular complexity index is 603. The molecule has 1 aliphatic rings. The lowest BCUT2D eigenvalue weighted by molar-refractivity contribution is -0.183. The van der Waals surface area contributed by atoms with Gasteiger partial charge in [0.25, 0.3) is 0 Å². The largest absolute Gasteiger partial charge is 0.490 e. The maximum Gasteiger partial charge on any atom is 0.183 e. The molecule has 0 amide bonds. The lowest BCUT2D eigenvalue weighted by Crippen LogP contribution is -2.17. The Labute approximate surface area is 136 Å².